The second-order valence-electron chi connectivity index (χ2n) is 6.85. The fourth-order valence-electron chi connectivity index (χ4n) is 3.57. The van der Waals surface area contributed by atoms with Gasteiger partial charge < -0.3 is 9.64 Å². The summed E-state index contributed by atoms with van der Waals surface area (Å²) in [6.45, 7) is 3.83. The summed E-state index contributed by atoms with van der Waals surface area (Å²) in [6, 6.07) is 9.60. The first-order valence-corrected chi connectivity index (χ1v) is 11.5. The van der Waals surface area contributed by atoms with Crippen molar-refractivity contribution in [2.45, 2.75) is 11.8 Å². The van der Waals surface area contributed by atoms with Crippen LogP contribution in [-0.4, -0.2) is 57.0 Å². The van der Waals surface area contributed by atoms with Gasteiger partial charge in [0.1, 0.15) is 9.77 Å². The number of piperazine rings is 1. The van der Waals surface area contributed by atoms with Crippen LogP contribution >= 0.6 is 11.3 Å². The number of carbonyl (C=O) groups excluding carboxylic acids is 1. The molecule has 1 aromatic carbocycles. The van der Waals surface area contributed by atoms with Crippen LogP contribution < -0.4 is 4.90 Å². The second-order valence-corrected chi connectivity index (χ2v) is 9.67. The van der Waals surface area contributed by atoms with Crippen molar-refractivity contribution in [3.8, 4) is 0 Å². The molecule has 1 saturated heterocycles. The highest BCUT2D eigenvalue weighted by Gasteiger charge is 2.33. The highest BCUT2D eigenvalue weighted by molar-refractivity contribution is 7.89. The minimum atomic E-state index is -3.75. The Balaban J connectivity index is 1.56. The third-order valence-corrected chi connectivity index (χ3v) is 8.04. The van der Waals surface area contributed by atoms with Gasteiger partial charge in [-0.3, -0.25) is 4.98 Å². The maximum Gasteiger partial charge on any atom is 0.349 e. The van der Waals surface area contributed by atoms with Crippen LogP contribution in [0.4, 0.5) is 5.69 Å². The number of esters is 1. The smallest absolute Gasteiger partial charge is 0.349 e. The van der Waals surface area contributed by atoms with E-state index in [1.807, 2.05) is 19.1 Å². The predicted octanol–water partition coefficient (Wildman–Crippen LogP) is 2.90. The number of methoxy groups -OCH3 is 1. The van der Waals surface area contributed by atoms with Crippen molar-refractivity contribution in [2.24, 2.45) is 0 Å². The van der Waals surface area contributed by atoms with Gasteiger partial charge in [-0.2, -0.15) is 4.31 Å². The lowest BCUT2D eigenvalue weighted by molar-refractivity contribution is 0.0602. The van der Waals surface area contributed by atoms with E-state index in [-0.39, 0.29) is 9.77 Å². The van der Waals surface area contributed by atoms with Crippen molar-refractivity contribution >= 4 is 43.9 Å². The summed E-state index contributed by atoms with van der Waals surface area (Å²) in [5.74, 6) is -0.629. The number of nitrogens with zero attached hydrogens (tertiary/aromatic N) is 3. The van der Waals surface area contributed by atoms with E-state index in [4.69, 9.17) is 4.74 Å². The van der Waals surface area contributed by atoms with Crippen LogP contribution in [0.15, 0.2) is 46.8 Å². The van der Waals surface area contributed by atoms with Crippen molar-refractivity contribution < 1.29 is 17.9 Å². The fourth-order valence-corrected chi connectivity index (χ4v) is 6.30. The van der Waals surface area contributed by atoms with E-state index in [0.717, 1.165) is 33.5 Å². The molecule has 0 unspecified atom stereocenters. The minimum Gasteiger partial charge on any atom is -0.465 e. The fraction of sp³-hybridized carbons (Fsp3) is 0.300. The Morgan fingerprint density at radius 2 is 1.90 bits per heavy atom. The quantitative estimate of drug-likeness (QED) is 0.591. The minimum absolute atomic E-state index is 0.0210. The molecule has 29 heavy (non-hydrogen) atoms. The predicted molar refractivity (Wildman–Crippen MR) is 113 cm³/mol. The molecule has 0 bridgehead atoms. The lowest BCUT2D eigenvalue weighted by Crippen LogP contribution is -2.48. The molecule has 0 spiro atoms. The molecule has 0 radical (unpaired) electrons. The first-order chi connectivity index (χ1) is 13.9. The molecule has 4 rings (SSSR count). The average molecular weight is 432 g/mol. The summed E-state index contributed by atoms with van der Waals surface area (Å²) in [6.07, 6.45) is 1.79. The number of hydrogen-bond acceptors (Lipinski definition) is 7. The van der Waals surface area contributed by atoms with E-state index >= 15 is 0 Å². The first-order valence-electron chi connectivity index (χ1n) is 9.18. The zero-order valence-corrected chi connectivity index (χ0v) is 17.8. The summed E-state index contributed by atoms with van der Waals surface area (Å²) in [4.78, 5) is 18.7. The molecule has 3 aromatic rings. The Morgan fingerprint density at radius 3 is 2.62 bits per heavy atom. The number of fused-ring (bicyclic) bond motifs is 1. The summed E-state index contributed by atoms with van der Waals surface area (Å²) in [7, 11) is -2.51. The standard InChI is InChI=1S/C20H21N3O4S2/c1-14-3-4-15-16(13-14)21-7-5-17(15)22-8-10-23(11-9-22)29(25,26)18-6-12-28-19(18)20(24)27-2/h3-7,12-13H,8-11H2,1-2H3. The number of ether oxygens (including phenoxy) is 1. The van der Waals surface area contributed by atoms with Gasteiger partial charge in [0, 0.05) is 43.4 Å². The SMILES string of the molecule is COC(=O)c1sccc1S(=O)(=O)N1CCN(c2ccnc3cc(C)ccc23)CC1. The molecule has 1 aliphatic heterocycles. The molecule has 152 valence electrons. The number of anilines is 1. The summed E-state index contributed by atoms with van der Waals surface area (Å²) >= 11 is 1.08. The molecular weight excluding hydrogens is 410 g/mol. The molecule has 0 atom stereocenters. The number of thiophene rings is 1. The molecule has 7 nitrogen and oxygen atoms in total. The summed E-state index contributed by atoms with van der Waals surface area (Å²) in [5.41, 5.74) is 3.13. The average Bonchev–Trinajstić information content (AvgIpc) is 3.23. The molecule has 0 aliphatic carbocycles. The highest BCUT2D eigenvalue weighted by atomic mass is 32.2. The number of benzene rings is 1. The van der Waals surface area contributed by atoms with Crippen molar-refractivity contribution in [3.63, 3.8) is 0 Å². The molecule has 1 aliphatic rings. The van der Waals surface area contributed by atoms with E-state index < -0.39 is 16.0 Å². The monoisotopic (exact) mass is 431 g/mol. The Morgan fingerprint density at radius 1 is 1.14 bits per heavy atom. The number of rotatable bonds is 4. The van der Waals surface area contributed by atoms with Gasteiger partial charge in [0.05, 0.1) is 12.6 Å². The van der Waals surface area contributed by atoms with Gasteiger partial charge >= 0.3 is 5.97 Å². The van der Waals surface area contributed by atoms with E-state index in [0.29, 0.717) is 26.2 Å². The van der Waals surface area contributed by atoms with Gasteiger partial charge in [-0.25, -0.2) is 13.2 Å². The number of pyridine rings is 1. The molecule has 9 heteroatoms. The van der Waals surface area contributed by atoms with Crippen molar-refractivity contribution in [3.05, 3.63) is 52.3 Å². The first kappa shape index (κ1) is 19.8. The lowest BCUT2D eigenvalue weighted by Gasteiger charge is -2.35. The number of sulfonamides is 1. The van der Waals surface area contributed by atoms with E-state index in [1.54, 1.807) is 11.6 Å². The van der Waals surface area contributed by atoms with E-state index in [2.05, 4.69) is 22.0 Å². The zero-order valence-electron chi connectivity index (χ0n) is 16.2. The molecule has 2 aromatic heterocycles. The Labute approximate surface area is 173 Å². The third kappa shape index (κ3) is 3.61. The van der Waals surface area contributed by atoms with Crippen LogP contribution in [0.1, 0.15) is 15.2 Å². The highest BCUT2D eigenvalue weighted by Crippen LogP contribution is 2.30. The Bertz CT molecular complexity index is 1170. The number of carbonyl (C=O) groups is 1. The number of hydrogen-bond donors (Lipinski definition) is 0. The number of aryl methyl sites for hydroxylation is 1. The van der Waals surface area contributed by atoms with E-state index in [9.17, 15) is 13.2 Å². The molecule has 3 heterocycles. The van der Waals surface area contributed by atoms with E-state index in [1.165, 1.54) is 17.5 Å². The summed E-state index contributed by atoms with van der Waals surface area (Å²) in [5, 5.41) is 2.65. The van der Waals surface area contributed by atoms with Gasteiger partial charge in [-0.15, -0.1) is 11.3 Å². The maximum absolute atomic E-state index is 13.1. The Kier molecular flexibility index (Phi) is 5.28. The van der Waals surface area contributed by atoms with Crippen molar-refractivity contribution in [2.75, 3.05) is 38.2 Å². The normalized spacial score (nSPS) is 15.6. The molecule has 0 saturated carbocycles. The van der Waals surface area contributed by atoms with Crippen LogP contribution in [-0.2, 0) is 14.8 Å². The van der Waals surface area contributed by atoms with Gasteiger partial charge in [0.2, 0.25) is 10.0 Å². The molecule has 0 amide bonds. The number of aromatic nitrogens is 1. The Hall–Kier alpha value is -2.49. The maximum atomic E-state index is 13.1. The van der Waals surface area contributed by atoms with Crippen LogP contribution in [0, 0.1) is 6.92 Å². The van der Waals surface area contributed by atoms with Gasteiger partial charge in [-0.05, 0) is 36.1 Å². The zero-order chi connectivity index (χ0) is 20.6. The van der Waals surface area contributed by atoms with Crippen LogP contribution in [0.25, 0.3) is 10.9 Å². The van der Waals surface area contributed by atoms with Crippen LogP contribution in [0.5, 0.6) is 0 Å². The van der Waals surface area contributed by atoms with Crippen LogP contribution in [0.2, 0.25) is 0 Å². The second kappa shape index (κ2) is 7.74. The largest absolute Gasteiger partial charge is 0.465 e. The summed E-state index contributed by atoms with van der Waals surface area (Å²) < 4.78 is 32.3. The topological polar surface area (TPSA) is 79.8 Å². The van der Waals surface area contributed by atoms with Gasteiger partial charge in [0.15, 0.2) is 0 Å². The van der Waals surface area contributed by atoms with Gasteiger partial charge in [0.25, 0.3) is 0 Å². The third-order valence-electron chi connectivity index (χ3n) is 5.07. The molecule has 0 N–H and O–H groups in total. The van der Waals surface area contributed by atoms with Crippen molar-refractivity contribution in [1.82, 2.24) is 9.29 Å². The van der Waals surface area contributed by atoms with Gasteiger partial charge in [-0.1, -0.05) is 12.1 Å². The molecule has 1 fully saturated rings. The lowest BCUT2D eigenvalue weighted by atomic mass is 10.1. The molecular formula is C20H21N3O4S2. The van der Waals surface area contributed by atoms with Crippen LogP contribution in [0.3, 0.4) is 0 Å². The van der Waals surface area contributed by atoms with Crippen molar-refractivity contribution in [1.29, 1.82) is 0 Å².